The molecule has 3 aromatic carbocycles. The van der Waals surface area contributed by atoms with Crippen molar-refractivity contribution in [3.63, 3.8) is 0 Å². The Kier molecular flexibility index (Phi) is 7.19. The Bertz CT molecular complexity index is 1360. The molecule has 1 aromatic heterocycles. The Morgan fingerprint density at radius 2 is 1.65 bits per heavy atom. The van der Waals surface area contributed by atoms with Gasteiger partial charge in [0.15, 0.2) is 0 Å². The van der Waals surface area contributed by atoms with Gasteiger partial charge in [-0.15, -0.1) is 0 Å². The van der Waals surface area contributed by atoms with Gasteiger partial charge in [0.25, 0.3) is 15.9 Å². The minimum absolute atomic E-state index is 0.148. The van der Waals surface area contributed by atoms with E-state index in [2.05, 4.69) is 15.0 Å². The molecule has 7 nitrogen and oxygen atoms in total. The van der Waals surface area contributed by atoms with Crippen LogP contribution in [0.25, 0.3) is 0 Å². The topological polar surface area (TPSA) is 97.4 Å². The van der Waals surface area contributed by atoms with E-state index in [0.29, 0.717) is 30.2 Å². The number of aromatic nitrogens is 1. The van der Waals surface area contributed by atoms with E-state index >= 15 is 0 Å². The average molecular weight is 474 g/mol. The van der Waals surface area contributed by atoms with Crippen LogP contribution in [0.15, 0.2) is 108 Å². The molecule has 0 spiro atoms. The maximum atomic E-state index is 12.7. The van der Waals surface area contributed by atoms with Gasteiger partial charge in [0.1, 0.15) is 12.4 Å². The molecule has 1 heterocycles. The lowest BCUT2D eigenvalue weighted by molar-refractivity contribution is 0.0951. The minimum Gasteiger partial charge on any atom is -0.487 e. The van der Waals surface area contributed by atoms with Crippen molar-refractivity contribution in [1.29, 1.82) is 0 Å². The average Bonchev–Trinajstić information content (AvgIpc) is 2.87. The fourth-order valence-electron chi connectivity index (χ4n) is 3.21. The van der Waals surface area contributed by atoms with Crippen LogP contribution in [-0.4, -0.2) is 19.3 Å². The van der Waals surface area contributed by atoms with E-state index in [1.54, 1.807) is 42.6 Å². The van der Waals surface area contributed by atoms with Crippen molar-refractivity contribution < 1.29 is 17.9 Å². The zero-order chi connectivity index (χ0) is 23.8. The zero-order valence-electron chi connectivity index (χ0n) is 18.2. The van der Waals surface area contributed by atoms with E-state index in [0.717, 1.165) is 11.3 Å². The van der Waals surface area contributed by atoms with Gasteiger partial charge in [0.05, 0.1) is 10.6 Å². The molecule has 1 amide bonds. The van der Waals surface area contributed by atoms with Crippen LogP contribution in [-0.2, 0) is 23.2 Å². The molecule has 0 saturated heterocycles. The van der Waals surface area contributed by atoms with E-state index in [9.17, 15) is 13.2 Å². The van der Waals surface area contributed by atoms with E-state index in [1.807, 2.05) is 42.5 Å². The highest BCUT2D eigenvalue weighted by Gasteiger charge is 2.14. The predicted octanol–water partition coefficient (Wildman–Crippen LogP) is 4.39. The first kappa shape index (κ1) is 23.0. The van der Waals surface area contributed by atoms with E-state index in [1.165, 1.54) is 18.2 Å². The largest absolute Gasteiger partial charge is 0.487 e. The highest BCUT2D eigenvalue weighted by molar-refractivity contribution is 7.92. The minimum atomic E-state index is -3.74. The molecule has 4 rings (SSSR count). The summed E-state index contributed by atoms with van der Waals surface area (Å²) in [6.07, 6.45) is 1.71. The summed E-state index contributed by atoms with van der Waals surface area (Å²) in [4.78, 5) is 17.1. The van der Waals surface area contributed by atoms with Gasteiger partial charge in [-0.2, -0.15) is 0 Å². The number of carbonyl (C=O) groups excluding carboxylic acids is 1. The summed E-state index contributed by atoms with van der Waals surface area (Å²) in [5.74, 6) is 0.357. The maximum Gasteiger partial charge on any atom is 0.261 e. The summed E-state index contributed by atoms with van der Waals surface area (Å²) in [7, 11) is -3.74. The number of benzene rings is 3. The van der Waals surface area contributed by atoms with Crippen LogP contribution in [0.3, 0.4) is 0 Å². The quantitative estimate of drug-likeness (QED) is 0.376. The third-order valence-electron chi connectivity index (χ3n) is 4.89. The molecule has 0 fully saturated rings. The van der Waals surface area contributed by atoms with E-state index < -0.39 is 10.0 Å². The van der Waals surface area contributed by atoms with Gasteiger partial charge < -0.3 is 10.1 Å². The van der Waals surface area contributed by atoms with Crippen LogP contribution in [0.1, 0.15) is 21.6 Å². The number of carbonyl (C=O) groups is 1. The molecule has 4 aromatic rings. The van der Waals surface area contributed by atoms with Crippen molar-refractivity contribution in [2.45, 2.75) is 18.0 Å². The third kappa shape index (κ3) is 6.20. The van der Waals surface area contributed by atoms with Crippen LogP contribution in [0.4, 0.5) is 5.69 Å². The molecule has 0 radical (unpaired) electrons. The van der Waals surface area contributed by atoms with Crippen molar-refractivity contribution in [3.8, 4) is 5.75 Å². The van der Waals surface area contributed by atoms with Crippen molar-refractivity contribution in [3.05, 3.63) is 120 Å². The lowest BCUT2D eigenvalue weighted by atomic mass is 10.1. The molecule has 0 unspecified atom stereocenters. The smallest absolute Gasteiger partial charge is 0.261 e. The number of pyridine rings is 1. The molecule has 0 aliphatic carbocycles. The molecular weight excluding hydrogens is 450 g/mol. The summed E-state index contributed by atoms with van der Waals surface area (Å²) >= 11 is 0. The standard InChI is InChI=1S/C26H23N3O4S/c30-26(21-9-7-11-22(17-21)29-34(31,32)25-13-2-1-3-14-25)28-18-20-8-6-12-24(16-20)33-19-23-10-4-5-15-27-23/h1-17,29H,18-19H2,(H,28,30). The van der Waals surface area contributed by atoms with Gasteiger partial charge in [-0.25, -0.2) is 8.42 Å². The Balaban J connectivity index is 1.36. The summed E-state index contributed by atoms with van der Waals surface area (Å²) in [5.41, 5.74) is 2.34. The molecule has 0 atom stereocenters. The van der Waals surface area contributed by atoms with Crippen molar-refractivity contribution in [2.24, 2.45) is 0 Å². The van der Waals surface area contributed by atoms with E-state index in [4.69, 9.17) is 4.74 Å². The molecule has 0 bridgehead atoms. The van der Waals surface area contributed by atoms with Crippen molar-refractivity contribution in [1.82, 2.24) is 10.3 Å². The molecule has 0 saturated carbocycles. The molecule has 8 heteroatoms. The van der Waals surface area contributed by atoms with Gasteiger partial charge in [-0.1, -0.05) is 42.5 Å². The van der Waals surface area contributed by atoms with Crippen LogP contribution >= 0.6 is 0 Å². The van der Waals surface area contributed by atoms with Gasteiger partial charge in [0.2, 0.25) is 0 Å². The monoisotopic (exact) mass is 473 g/mol. The Morgan fingerprint density at radius 3 is 2.44 bits per heavy atom. The van der Waals surface area contributed by atoms with Gasteiger partial charge in [-0.3, -0.25) is 14.5 Å². The normalized spacial score (nSPS) is 10.9. The first-order valence-corrected chi connectivity index (χ1v) is 12.1. The fourth-order valence-corrected chi connectivity index (χ4v) is 4.28. The number of hydrogen-bond acceptors (Lipinski definition) is 5. The lowest BCUT2D eigenvalue weighted by Crippen LogP contribution is -2.23. The second-order valence-electron chi connectivity index (χ2n) is 7.44. The lowest BCUT2D eigenvalue weighted by Gasteiger charge is -2.11. The molecule has 0 aliphatic rings. The van der Waals surface area contributed by atoms with Crippen molar-refractivity contribution in [2.75, 3.05) is 4.72 Å². The summed E-state index contributed by atoms with van der Waals surface area (Å²) < 4.78 is 33.4. The number of hydrogen-bond donors (Lipinski definition) is 2. The number of rotatable bonds is 9. The first-order valence-electron chi connectivity index (χ1n) is 10.6. The molecule has 0 aliphatic heterocycles. The number of nitrogens with one attached hydrogen (secondary N) is 2. The number of sulfonamides is 1. The maximum absolute atomic E-state index is 12.7. The molecule has 172 valence electrons. The second-order valence-corrected chi connectivity index (χ2v) is 9.12. The van der Waals surface area contributed by atoms with Crippen LogP contribution < -0.4 is 14.8 Å². The van der Waals surface area contributed by atoms with Crippen LogP contribution in [0.5, 0.6) is 5.75 Å². The van der Waals surface area contributed by atoms with Crippen molar-refractivity contribution >= 4 is 21.6 Å². The predicted molar refractivity (Wildman–Crippen MR) is 130 cm³/mol. The Morgan fingerprint density at radius 1 is 0.853 bits per heavy atom. The van der Waals surface area contributed by atoms with Crippen LogP contribution in [0.2, 0.25) is 0 Å². The van der Waals surface area contributed by atoms with E-state index in [-0.39, 0.29) is 10.8 Å². The highest BCUT2D eigenvalue weighted by Crippen LogP contribution is 2.18. The second kappa shape index (κ2) is 10.6. The number of nitrogens with zero attached hydrogens (tertiary/aromatic N) is 1. The molecule has 2 N–H and O–H groups in total. The third-order valence-corrected chi connectivity index (χ3v) is 6.29. The number of ether oxygens (including phenoxy) is 1. The fraction of sp³-hybridized carbons (Fsp3) is 0.0769. The summed E-state index contributed by atoms with van der Waals surface area (Å²) in [6.45, 7) is 0.641. The van der Waals surface area contributed by atoms with Crippen LogP contribution in [0, 0.1) is 0 Å². The highest BCUT2D eigenvalue weighted by atomic mass is 32.2. The number of anilines is 1. The summed E-state index contributed by atoms with van der Waals surface area (Å²) in [5, 5.41) is 2.85. The summed E-state index contributed by atoms with van der Waals surface area (Å²) in [6, 6.07) is 27.5. The van der Waals surface area contributed by atoms with Gasteiger partial charge >= 0.3 is 0 Å². The number of amides is 1. The molecule has 34 heavy (non-hydrogen) atoms. The Labute approximate surface area is 198 Å². The first-order chi connectivity index (χ1) is 16.5. The Hall–Kier alpha value is -4.17. The van der Waals surface area contributed by atoms with Gasteiger partial charge in [-0.05, 0) is 60.2 Å². The zero-order valence-corrected chi connectivity index (χ0v) is 19.0. The van der Waals surface area contributed by atoms with Gasteiger partial charge in [0, 0.05) is 24.0 Å². The SMILES string of the molecule is O=C(NCc1cccc(OCc2ccccn2)c1)c1cccc(NS(=O)(=O)c2ccccc2)c1. The molecular formula is C26H23N3O4S.